The fourth-order valence-electron chi connectivity index (χ4n) is 1.98. The maximum absolute atomic E-state index is 11.2. The standard InChI is InChI=1S/C12H18N2O2/c1-4-10(12(15)16)11(14(2)3)9-5-7-13-8-6-9/h5-8,10-11H,4H2,1-3H3,(H,15,16). The first-order valence-electron chi connectivity index (χ1n) is 5.37. The Balaban J connectivity index is 3.04. The van der Waals surface area contributed by atoms with Gasteiger partial charge >= 0.3 is 5.97 Å². The summed E-state index contributed by atoms with van der Waals surface area (Å²) in [6.45, 7) is 1.90. The van der Waals surface area contributed by atoms with Crippen LogP contribution in [0.2, 0.25) is 0 Å². The van der Waals surface area contributed by atoms with E-state index in [1.165, 1.54) is 0 Å². The van der Waals surface area contributed by atoms with Crippen LogP contribution in [0, 0.1) is 5.92 Å². The van der Waals surface area contributed by atoms with Gasteiger partial charge in [0.15, 0.2) is 0 Å². The fourth-order valence-corrected chi connectivity index (χ4v) is 1.98. The first-order chi connectivity index (χ1) is 7.57. The summed E-state index contributed by atoms with van der Waals surface area (Å²) in [4.78, 5) is 17.1. The van der Waals surface area contributed by atoms with E-state index < -0.39 is 11.9 Å². The first kappa shape index (κ1) is 12.6. The van der Waals surface area contributed by atoms with Gasteiger partial charge < -0.3 is 10.0 Å². The van der Waals surface area contributed by atoms with E-state index in [9.17, 15) is 9.90 Å². The second kappa shape index (κ2) is 5.61. The molecule has 0 fully saturated rings. The van der Waals surface area contributed by atoms with Crippen molar-refractivity contribution in [2.75, 3.05) is 14.1 Å². The Morgan fingerprint density at radius 2 is 2.00 bits per heavy atom. The van der Waals surface area contributed by atoms with Gasteiger partial charge in [-0.05, 0) is 38.2 Å². The number of carbonyl (C=O) groups is 1. The Labute approximate surface area is 95.9 Å². The van der Waals surface area contributed by atoms with E-state index in [1.807, 2.05) is 38.1 Å². The minimum Gasteiger partial charge on any atom is -0.481 e. The number of hydrogen-bond donors (Lipinski definition) is 1. The summed E-state index contributed by atoms with van der Waals surface area (Å²) in [6.07, 6.45) is 4.00. The van der Waals surface area contributed by atoms with Crippen LogP contribution < -0.4 is 0 Å². The summed E-state index contributed by atoms with van der Waals surface area (Å²) in [6, 6.07) is 3.64. The van der Waals surface area contributed by atoms with E-state index in [0.29, 0.717) is 6.42 Å². The molecule has 0 bridgehead atoms. The molecule has 0 aliphatic carbocycles. The zero-order valence-electron chi connectivity index (χ0n) is 9.92. The van der Waals surface area contributed by atoms with Gasteiger partial charge in [0.1, 0.15) is 0 Å². The van der Waals surface area contributed by atoms with E-state index in [2.05, 4.69) is 4.98 Å². The summed E-state index contributed by atoms with van der Waals surface area (Å²) in [5, 5.41) is 9.21. The average molecular weight is 222 g/mol. The van der Waals surface area contributed by atoms with Crippen LogP contribution in [0.1, 0.15) is 24.9 Å². The molecular formula is C12H18N2O2. The quantitative estimate of drug-likeness (QED) is 0.825. The molecule has 0 saturated heterocycles. The van der Waals surface area contributed by atoms with Gasteiger partial charge in [-0.15, -0.1) is 0 Å². The molecule has 0 aliphatic rings. The molecule has 4 heteroatoms. The normalized spacial score (nSPS) is 14.8. The Morgan fingerprint density at radius 1 is 1.44 bits per heavy atom. The summed E-state index contributed by atoms with van der Waals surface area (Å²) in [5.41, 5.74) is 0.995. The van der Waals surface area contributed by atoms with Gasteiger partial charge in [-0.25, -0.2) is 0 Å². The highest BCUT2D eigenvalue weighted by Crippen LogP contribution is 2.28. The lowest BCUT2D eigenvalue weighted by atomic mass is 9.90. The maximum atomic E-state index is 11.2. The average Bonchev–Trinajstić information content (AvgIpc) is 2.25. The van der Waals surface area contributed by atoms with Crippen molar-refractivity contribution in [2.24, 2.45) is 5.92 Å². The molecule has 0 saturated carbocycles. The number of aliphatic carboxylic acids is 1. The molecule has 0 aliphatic heterocycles. The van der Waals surface area contributed by atoms with E-state index >= 15 is 0 Å². The van der Waals surface area contributed by atoms with Crippen LogP contribution in [0.5, 0.6) is 0 Å². The minimum atomic E-state index is -0.752. The summed E-state index contributed by atoms with van der Waals surface area (Å²) in [7, 11) is 3.80. The highest BCUT2D eigenvalue weighted by molar-refractivity contribution is 5.71. The molecule has 0 aromatic carbocycles. The molecule has 1 N–H and O–H groups in total. The third-order valence-corrected chi connectivity index (χ3v) is 2.74. The Morgan fingerprint density at radius 3 is 2.38 bits per heavy atom. The second-order valence-electron chi connectivity index (χ2n) is 4.04. The van der Waals surface area contributed by atoms with Gasteiger partial charge in [-0.1, -0.05) is 6.92 Å². The maximum Gasteiger partial charge on any atom is 0.308 e. The molecule has 16 heavy (non-hydrogen) atoms. The van der Waals surface area contributed by atoms with Crippen molar-refractivity contribution in [3.8, 4) is 0 Å². The third-order valence-electron chi connectivity index (χ3n) is 2.74. The van der Waals surface area contributed by atoms with Crippen molar-refractivity contribution in [2.45, 2.75) is 19.4 Å². The Hall–Kier alpha value is -1.42. The number of nitrogens with zero attached hydrogens (tertiary/aromatic N) is 2. The number of rotatable bonds is 5. The van der Waals surface area contributed by atoms with Crippen LogP contribution >= 0.6 is 0 Å². The lowest BCUT2D eigenvalue weighted by Crippen LogP contribution is -2.32. The topological polar surface area (TPSA) is 53.4 Å². The molecule has 0 radical (unpaired) electrons. The molecule has 2 unspecified atom stereocenters. The molecule has 88 valence electrons. The number of hydrogen-bond acceptors (Lipinski definition) is 3. The number of carboxylic acids is 1. The zero-order valence-corrected chi connectivity index (χ0v) is 9.92. The van der Waals surface area contributed by atoms with Crippen LogP contribution in [0.15, 0.2) is 24.5 Å². The smallest absolute Gasteiger partial charge is 0.308 e. The molecule has 2 atom stereocenters. The fraction of sp³-hybridized carbons (Fsp3) is 0.500. The van der Waals surface area contributed by atoms with Crippen LogP contribution in [-0.2, 0) is 4.79 Å². The highest BCUT2D eigenvalue weighted by Gasteiger charge is 2.29. The van der Waals surface area contributed by atoms with Crippen LogP contribution in [0.25, 0.3) is 0 Å². The van der Waals surface area contributed by atoms with Crippen molar-refractivity contribution in [1.82, 2.24) is 9.88 Å². The molecule has 4 nitrogen and oxygen atoms in total. The molecule has 1 aromatic heterocycles. The van der Waals surface area contributed by atoms with Gasteiger partial charge in [-0.3, -0.25) is 9.78 Å². The van der Waals surface area contributed by atoms with Gasteiger partial charge in [0.05, 0.1) is 5.92 Å². The summed E-state index contributed by atoms with van der Waals surface area (Å²) < 4.78 is 0. The molecule has 0 spiro atoms. The van der Waals surface area contributed by atoms with E-state index in [0.717, 1.165) is 5.56 Å². The molecule has 1 heterocycles. The predicted molar refractivity (Wildman–Crippen MR) is 62.1 cm³/mol. The SMILES string of the molecule is CCC(C(=O)O)C(c1ccncc1)N(C)C. The van der Waals surface area contributed by atoms with Crippen molar-refractivity contribution in [3.05, 3.63) is 30.1 Å². The van der Waals surface area contributed by atoms with E-state index in [-0.39, 0.29) is 6.04 Å². The Bertz CT molecular complexity index is 338. The third kappa shape index (κ3) is 2.79. The number of pyridine rings is 1. The lowest BCUT2D eigenvalue weighted by molar-refractivity contribution is -0.144. The zero-order chi connectivity index (χ0) is 12.1. The molecule has 0 amide bonds. The van der Waals surface area contributed by atoms with E-state index in [4.69, 9.17) is 0 Å². The Kier molecular flexibility index (Phi) is 4.43. The van der Waals surface area contributed by atoms with Crippen molar-refractivity contribution >= 4 is 5.97 Å². The minimum absolute atomic E-state index is 0.106. The van der Waals surface area contributed by atoms with E-state index in [1.54, 1.807) is 12.4 Å². The molecule has 1 aromatic rings. The van der Waals surface area contributed by atoms with Gasteiger partial charge in [0.25, 0.3) is 0 Å². The predicted octanol–water partition coefficient (Wildman–Crippen LogP) is 1.80. The van der Waals surface area contributed by atoms with Crippen LogP contribution in [0.3, 0.4) is 0 Å². The van der Waals surface area contributed by atoms with Crippen molar-refractivity contribution < 1.29 is 9.90 Å². The highest BCUT2D eigenvalue weighted by atomic mass is 16.4. The number of carboxylic acid groups (broad SMARTS) is 1. The lowest BCUT2D eigenvalue weighted by Gasteiger charge is -2.29. The van der Waals surface area contributed by atoms with Crippen LogP contribution in [-0.4, -0.2) is 35.1 Å². The van der Waals surface area contributed by atoms with Gasteiger partial charge in [0.2, 0.25) is 0 Å². The molecular weight excluding hydrogens is 204 g/mol. The second-order valence-corrected chi connectivity index (χ2v) is 4.04. The van der Waals surface area contributed by atoms with Crippen LogP contribution in [0.4, 0.5) is 0 Å². The van der Waals surface area contributed by atoms with Crippen molar-refractivity contribution in [3.63, 3.8) is 0 Å². The van der Waals surface area contributed by atoms with Crippen molar-refractivity contribution in [1.29, 1.82) is 0 Å². The number of aromatic nitrogens is 1. The summed E-state index contributed by atoms with van der Waals surface area (Å²) in [5.74, 6) is -1.14. The van der Waals surface area contributed by atoms with Gasteiger partial charge in [-0.2, -0.15) is 0 Å². The monoisotopic (exact) mass is 222 g/mol. The summed E-state index contributed by atoms with van der Waals surface area (Å²) >= 11 is 0. The molecule has 1 rings (SSSR count). The van der Waals surface area contributed by atoms with Gasteiger partial charge in [0, 0.05) is 18.4 Å². The largest absolute Gasteiger partial charge is 0.481 e. The first-order valence-corrected chi connectivity index (χ1v) is 5.37.